The number of hydrogen-bond donors (Lipinski definition) is 0. The van der Waals surface area contributed by atoms with Gasteiger partial charge in [-0.15, -0.1) is 0 Å². The second-order valence-corrected chi connectivity index (χ2v) is 13.4. The number of allylic oxidation sites excluding steroid dienone is 4. The third-order valence-electron chi connectivity index (χ3n) is 10.7. The van der Waals surface area contributed by atoms with Crippen LogP contribution in [0.4, 0.5) is 0 Å². The van der Waals surface area contributed by atoms with Crippen molar-refractivity contribution in [3.8, 4) is 0 Å². The number of furan rings is 1. The molecular weight excluding hydrogens is 595 g/mol. The van der Waals surface area contributed by atoms with Crippen molar-refractivity contribution in [1.82, 2.24) is 4.98 Å². The summed E-state index contributed by atoms with van der Waals surface area (Å²) in [5.41, 5.74) is 6.33. The van der Waals surface area contributed by atoms with Gasteiger partial charge in [0.2, 0.25) is 0 Å². The second-order valence-electron chi connectivity index (χ2n) is 13.4. The number of fused-ring (bicyclic) bond motifs is 13. The van der Waals surface area contributed by atoms with E-state index < -0.39 is 0 Å². The van der Waals surface area contributed by atoms with Crippen LogP contribution in [0, 0.1) is 0 Å². The molecule has 0 N–H and O–H groups in total. The number of pyridine rings is 1. The zero-order valence-electron chi connectivity index (χ0n) is 26.7. The minimum Gasteiger partial charge on any atom is -0.456 e. The lowest BCUT2D eigenvalue weighted by atomic mass is 9.85. The molecule has 11 rings (SSSR count). The Labute approximate surface area is 282 Å². The van der Waals surface area contributed by atoms with E-state index in [2.05, 4.69) is 158 Å². The third-order valence-corrected chi connectivity index (χ3v) is 10.7. The van der Waals surface area contributed by atoms with Crippen LogP contribution in [0.1, 0.15) is 23.6 Å². The standard InChI is InChI=1S/C47H29NO/c1-2-13-31-27-41-40(25-30(31)12-1)43-35-17-6-3-10-28(35)20-22-38(43)46(48-41)34-16-9-15-32(24-34)39-26-33-14-5-8-19-37(33)45-44-36-18-7-4-11-29(36)21-23-42(44)49-47(39)45/h1-14,16-27,32H,15H2. The summed E-state index contributed by atoms with van der Waals surface area (Å²) < 4.78 is 6.84. The highest BCUT2D eigenvalue weighted by Gasteiger charge is 2.24. The first kappa shape index (κ1) is 26.8. The molecule has 0 saturated heterocycles. The van der Waals surface area contributed by atoms with E-state index in [1.165, 1.54) is 75.6 Å². The van der Waals surface area contributed by atoms with E-state index >= 15 is 0 Å². The van der Waals surface area contributed by atoms with Crippen LogP contribution in [0.5, 0.6) is 0 Å². The minimum atomic E-state index is 0.128. The molecule has 0 spiro atoms. The SMILES string of the molecule is C1=CC(c2nc3cc4ccccc4cc3c3c2ccc2ccccc23)=CC(c2cc3ccccc3c3c2oc2ccc4ccccc4c23)C1. The monoisotopic (exact) mass is 623 g/mol. The molecule has 2 nitrogen and oxygen atoms in total. The molecule has 0 radical (unpaired) electrons. The van der Waals surface area contributed by atoms with Crippen LogP contribution in [0.2, 0.25) is 0 Å². The van der Waals surface area contributed by atoms with Crippen molar-refractivity contribution in [2.45, 2.75) is 12.3 Å². The smallest absolute Gasteiger partial charge is 0.139 e. The fourth-order valence-corrected chi connectivity index (χ4v) is 8.43. The van der Waals surface area contributed by atoms with Gasteiger partial charge in [0.1, 0.15) is 11.2 Å². The maximum absolute atomic E-state index is 6.84. The van der Waals surface area contributed by atoms with Gasteiger partial charge >= 0.3 is 0 Å². The predicted octanol–water partition coefficient (Wildman–Crippen LogP) is 13.0. The molecule has 0 fully saturated rings. The molecule has 0 saturated carbocycles. The Morgan fingerprint density at radius 1 is 0.510 bits per heavy atom. The zero-order chi connectivity index (χ0) is 32.1. The molecule has 1 atom stereocenters. The molecule has 228 valence electrons. The van der Waals surface area contributed by atoms with E-state index in [4.69, 9.17) is 9.40 Å². The first-order valence-electron chi connectivity index (χ1n) is 17.1. The molecule has 1 unspecified atom stereocenters. The summed E-state index contributed by atoms with van der Waals surface area (Å²) in [6, 6.07) is 50.5. The molecule has 2 heteroatoms. The number of hydrogen-bond acceptors (Lipinski definition) is 2. The molecule has 1 aliphatic carbocycles. The molecular formula is C47H29NO. The summed E-state index contributed by atoms with van der Waals surface area (Å²) in [6.45, 7) is 0. The van der Waals surface area contributed by atoms with Crippen molar-refractivity contribution in [3.63, 3.8) is 0 Å². The van der Waals surface area contributed by atoms with Crippen LogP contribution in [0.25, 0.3) is 92.3 Å². The Balaban J connectivity index is 1.19. The van der Waals surface area contributed by atoms with E-state index in [0.29, 0.717) is 0 Å². The van der Waals surface area contributed by atoms with Crippen molar-refractivity contribution in [3.05, 3.63) is 169 Å². The summed E-state index contributed by atoms with van der Waals surface area (Å²) in [5, 5.41) is 15.9. The van der Waals surface area contributed by atoms with Crippen LogP contribution in [0.15, 0.2) is 162 Å². The maximum Gasteiger partial charge on any atom is 0.139 e. The Morgan fingerprint density at radius 3 is 1.92 bits per heavy atom. The van der Waals surface area contributed by atoms with Crippen LogP contribution >= 0.6 is 0 Å². The average Bonchev–Trinajstić information content (AvgIpc) is 3.57. The topological polar surface area (TPSA) is 26.0 Å². The van der Waals surface area contributed by atoms with Crippen LogP contribution in [0.3, 0.4) is 0 Å². The van der Waals surface area contributed by atoms with Gasteiger partial charge in [-0.1, -0.05) is 133 Å². The van der Waals surface area contributed by atoms with Crippen molar-refractivity contribution in [2.75, 3.05) is 0 Å². The molecule has 0 bridgehead atoms. The molecule has 2 heterocycles. The van der Waals surface area contributed by atoms with E-state index in [9.17, 15) is 0 Å². The lowest BCUT2D eigenvalue weighted by Crippen LogP contribution is -2.02. The summed E-state index contributed by atoms with van der Waals surface area (Å²) in [4.78, 5) is 5.45. The molecule has 8 aromatic carbocycles. The molecule has 1 aliphatic rings. The van der Waals surface area contributed by atoms with E-state index in [-0.39, 0.29) is 5.92 Å². The zero-order valence-corrected chi connectivity index (χ0v) is 26.7. The predicted molar refractivity (Wildman–Crippen MR) is 207 cm³/mol. The van der Waals surface area contributed by atoms with Crippen molar-refractivity contribution < 1.29 is 4.42 Å². The molecule has 0 amide bonds. The molecule has 10 aromatic rings. The first-order chi connectivity index (χ1) is 24.3. The van der Waals surface area contributed by atoms with Gasteiger partial charge in [-0.2, -0.15) is 0 Å². The lowest BCUT2D eigenvalue weighted by molar-refractivity contribution is 0.658. The summed E-state index contributed by atoms with van der Waals surface area (Å²) >= 11 is 0. The quantitative estimate of drug-likeness (QED) is 0.141. The van der Waals surface area contributed by atoms with Gasteiger partial charge in [0.15, 0.2) is 0 Å². The highest BCUT2D eigenvalue weighted by molar-refractivity contribution is 6.27. The van der Waals surface area contributed by atoms with Crippen LogP contribution < -0.4 is 0 Å². The molecule has 2 aromatic heterocycles. The first-order valence-corrected chi connectivity index (χ1v) is 17.1. The Kier molecular flexibility index (Phi) is 5.53. The van der Waals surface area contributed by atoms with Gasteiger partial charge in [-0.3, -0.25) is 0 Å². The number of rotatable bonds is 2. The Morgan fingerprint density at radius 2 is 1.14 bits per heavy atom. The van der Waals surface area contributed by atoms with Crippen molar-refractivity contribution in [2.24, 2.45) is 0 Å². The van der Waals surface area contributed by atoms with Crippen LogP contribution in [-0.4, -0.2) is 4.98 Å². The third kappa shape index (κ3) is 3.92. The Bertz CT molecular complexity index is 3090. The maximum atomic E-state index is 6.84. The van der Waals surface area contributed by atoms with Crippen molar-refractivity contribution in [1.29, 1.82) is 0 Å². The van der Waals surface area contributed by atoms with Gasteiger partial charge in [0.05, 0.1) is 11.2 Å². The van der Waals surface area contributed by atoms with E-state index in [1.54, 1.807) is 0 Å². The normalized spacial score (nSPS) is 15.1. The second kappa shape index (κ2) is 10.1. The number of aromatic nitrogens is 1. The highest BCUT2D eigenvalue weighted by atomic mass is 16.3. The fourth-order valence-electron chi connectivity index (χ4n) is 8.43. The van der Waals surface area contributed by atoms with Crippen LogP contribution in [-0.2, 0) is 0 Å². The molecule has 49 heavy (non-hydrogen) atoms. The van der Waals surface area contributed by atoms with Gasteiger partial charge in [-0.25, -0.2) is 4.98 Å². The van der Waals surface area contributed by atoms with Gasteiger partial charge in [-0.05, 0) is 79.3 Å². The summed E-state index contributed by atoms with van der Waals surface area (Å²) in [7, 11) is 0. The number of nitrogens with zero attached hydrogens (tertiary/aromatic N) is 1. The van der Waals surface area contributed by atoms with E-state index in [1.807, 2.05) is 0 Å². The van der Waals surface area contributed by atoms with Gasteiger partial charge in [0, 0.05) is 38.4 Å². The van der Waals surface area contributed by atoms with Gasteiger partial charge in [0.25, 0.3) is 0 Å². The molecule has 0 aliphatic heterocycles. The number of benzene rings is 8. The average molecular weight is 624 g/mol. The lowest BCUT2D eigenvalue weighted by Gasteiger charge is -2.20. The van der Waals surface area contributed by atoms with Gasteiger partial charge < -0.3 is 4.42 Å². The summed E-state index contributed by atoms with van der Waals surface area (Å²) in [6.07, 6.45) is 7.91. The largest absolute Gasteiger partial charge is 0.456 e. The van der Waals surface area contributed by atoms with Crippen molar-refractivity contribution >= 4 is 92.3 Å². The fraction of sp³-hybridized carbons (Fsp3) is 0.0426. The minimum absolute atomic E-state index is 0.128. The highest BCUT2D eigenvalue weighted by Crippen LogP contribution is 2.45. The Hall–Kier alpha value is -6.25. The summed E-state index contributed by atoms with van der Waals surface area (Å²) in [5.74, 6) is 0.128. The van der Waals surface area contributed by atoms with E-state index in [0.717, 1.165) is 34.4 Å².